The minimum Gasteiger partial charge on any atom is -0.227 e. The molecule has 2 nitrogen and oxygen atoms in total. The maximum atomic E-state index is 5.36. The van der Waals surface area contributed by atoms with Crippen LogP contribution in [0.5, 0.6) is 0 Å². The van der Waals surface area contributed by atoms with Crippen molar-refractivity contribution >= 4 is 21.7 Å². The lowest BCUT2D eigenvalue weighted by molar-refractivity contribution is 1.23. The van der Waals surface area contributed by atoms with Crippen LogP contribution in [0, 0.1) is 0 Å². The summed E-state index contributed by atoms with van der Waals surface area (Å²) in [5.41, 5.74) is 18.1. The van der Waals surface area contributed by atoms with Gasteiger partial charge in [0.05, 0.1) is 11.2 Å². The molecule has 2 heteroatoms. The first-order valence-corrected chi connectivity index (χ1v) is 21.1. The number of benzene rings is 10. The highest BCUT2D eigenvalue weighted by molar-refractivity contribution is 6.09. The summed E-state index contributed by atoms with van der Waals surface area (Å²) in [6, 6.07) is 86.6. The Bertz CT molecular complexity index is 3390. The van der Waals surface area contributed by atoms with Crippen molar-refractivity contribution in [3.63, 3.8) is 0 Å². The number of fused-ring (bicyclic) bond motifs is 3. The van der Waals surface area contributed by atoms with Gasteiger partial charge in [-0.1, -0.05) is 206 Å². The van der Waals surface area contributed by atoms with Crippen LogP contribution in [0.1, 0.15) is 0 Å². The van der Waals surface area contributed by atoms with Gasteiger partial charge in [-0.3, -0.25) is 0 Å². The van der Waals surface area contributed by atoms with Crippen molar-refractivity contribution in [2.75, 3.05) is 0 Å². The maximum Gasteiger partial charge on any atom is 0.160 e. The van der Waals surface area contributed by atoms with Crippen molar-refractivity contribution in [1.82, 2.24) is 9.97 Å². The van der Waals surface area contributed by atoms with E-state index in [0.29, 0.717) is 5.82 Å². The Morgan fingerprint density at radius 1 is 0.210 bits per heavy atom. The molecule has 0 aliphatic heterocycles. The normalized spacial score (nSPS) is 11.2. The molecule has 0 aliphatic rings. The van der Waals surface area contributed by atoms with Gasteiger partial charge in [-0.05, 0) is 109 Å². The maximum absolute atomic E-state index is 5.36. The predicted octanol–water partition coefficient (Wildman–Crippen LogP) is 16.1. The fraction of sp³-hybridized carbons (Fsp3) is 0. The van der Waals surface area contributed by atoms with Gasteiger partial charge in [0, 0.05) is 21.9 Å². The summed E-state index contributed by atoms with van der Waals surface area (Å²) in [5.74, 6) is 0.701. The molecule has 0 unspecified atom stereocenters. The quantitative estimate of drug-likeness (QED) is 0.143. The monoisotopic (exact) mass is 788 g/mol. The number of rotatable bonds is 8. The highest BCUT2D eigenvalue weighted by Crippen LogP contribution is 2.37. The Morgan fingerprint density at radius 3 is 1.05 bits per heavy atom. The molecular formula is C60H40N2. The van der Waals surface area contributed by atoms with Crippen LogP contribution in [0.2, 0.25) is 0 Å². The SMILES string of the molecule is c1ccc(-c2cccc(-c3cccc(-c4ccc(-c5nc(-c6cccc(-c7cccc(-c8cccc(-c9ccccc9)c8)c7)c6)nc6c5ccc5ccccc56)cc4)c3)c2)cc1. The van der Waals surface area contributed by atoms with E-state index in [1.54, 1.807) is 0 Å². The molecule has 0 bridgehead atoms. The van der Waals surface area contributed by atoms with Crippen molar-refractivity contribution in [1.29, 1.82) is 0 Å². The molecule has 0 aliphatic carbocycles. The molecule has 0 N–H and O–H groups in total. The van der Waals surface area contributed by atoms with Crippen LogP contribution in [-0.2, 0) is 0 Å². The van der Waals surface area contributed by atoms with E-state index in [9.17, 15) is 0 Å². The summed E-state index contributed by atoms with van der Waals surface area (Å²) in [7, 11) is 0. The van der Waals surface area contributed by atoms with E-state index in [4.69, 9.17) is 9.97 Å². The summed E-state index contributed by atoms with van der Waals surface area (Å²) in [4.78, 5) is 10.7. The molecule has 0 saturated heterocycles. The zero-order valence-electron chi connectivity index (χ0n) is 34.0. The number of hydrogen-bond acceptors (Lipinski definition) is 2. The summed E-state index contributed by atoms with van der Waals surface area (Å²) in [6.07, 6.45) is 0. The van der Waals surface area contributed by atoms with E-state index in [1.807, 2.05) is 0 Å². The van der Waals surface area contributed by atoms with E-state index >= 15 is 0 Å². The molecule has 290 valence electrons. The molecule has 1 heterocycles. The fourth-order valence-corrected chi connectivity index (χ4v) is 8.65. The Kier molecular flexibility index (Phi) is 9.57. The highest BCUT2D eigenvalue weighted by atomic mass is 14.9. The van der Waals surface area contributed by atoms with E-state index in [2.05, 4.69) is 243 Å². The second-order valence-electron chi connectivity index (χ2n) is 15.8. The van der Waals surface area contributed by atoms with E-state index in [0.717, 1.165) is 55.2 Å². The molecular weight excluding hydrogens is 749 g/mol. The average Bonchev–Trinajstić information content (AvgIpc) is 3.37. The van der Waals surface area contributed by atoms with Crippen LogP contribution in [-0.4, -0.2) is 9.97 Å². The van der Waals surface area contributed by atoms with Gasteiger partial charge in [-0.15, -0.1) is 0 Å². The first-order valence-electron chi connectivity index (χ1n) is 21.1. The second-order valence-corrected chi connectivity index (χ2v) is 15.8. The summed E-state index contributed by atoms with van der Waals surface area (Å²) < 4.78 is 0. The van der Waals surface area contributed by atoms with E-state index in [1.165, 1.54) is 50.1 Å². The summed E-state index contributed by atoms with van der Waals surface area (Å²) >= 11 is 0. The molecule has 11 aromatic rings. The molecule has 1 aromatic heterocycles. The standard InChI is InChI=1S/C60H40N2/c1-3-14-41(15-4-1)46-19-9-22-49(36-46)51-24-11-21-48(38-51)43-30-32-45(33-31-43)58-57-35-34-44-18-7-8-29-56(44)59(57)62-60(61-58)55-28-13-27-54(40-55)53-26-12-25-52(39-53)50-23-10-20-47(37-50)42-16-5-2-6-17-42/h1-40H. The zero-order chi connectivity index (χ0) is 41.2. The molecule has 0 spiro atoms. The van der Waals surface area contributed by atoms with Gasteiger partial charge >= 0.3 is 0 Å². The van der Waals surface area contributed by atoms with Gasteiger partial charge in [0.1, 0.15) is 0 Å². The molecule has 0 fully saturated rings. The van der Waals surface area contributed by atoms with Crippen molar-refractivity contribution in [2.24, 2.45) is 0 Å². The third-order valence-electron chi connectivity index (χ3n) is 11.9. The molecule has 10 aromatic carbocycles. The molecule has 0 atom stereocenters. The van der Waals surface area contributed by atoms with Crippen LogP contribution in [0.25, 0.3) is 111 Å². The lowest BCUT2D eigenvalue weighted by Gasteiger charge is -2.13. The van der Waals surface area contributed by atoms with Crippen LogP contribution in [0.15, 0.2) is 243 Å². The summed E-state index contributed by atoms with van der Waals surface area (Å²) in [5, 5.41) is 3.30. The van der Waals surface area contributed by atoms with Crippen LogP contribution < -0.4 is 0 Å². The third kappa shape index (κ3) is 7.25. The van der Waals surface area contributed by atoms with Gasteiger partial charge in [-0.25, -0.2) is 9.97 Å². The first kappa shape index (κ1) is 36.8. The van der Waals surface area contributed by atoms with Gasteiger partial charge in [0.15, 0.2) is 5.82 Å². The Hall–Kier alpha value is -8.20. The Morgan fingerprint density at radius 2 is 0.565 bits per heavy atom. The number of aromatic nitrogens is 2. The van der Waals surface area contributed by atoms with Crippen LogP contribution in [0.3, 0.4) is 0 Å². The minimum absolute atomic E-state index is 0.701. The van der Waals surface area contributed by atoms with Crippen LogP contribution >= 0.6 is 0 Å². The highest BCUT2D eigenvalue weighted by Gasteiger charge is 2.16. The first-order chi connectivity index (χ1) is 30.7. The van der Waals surface area contributed by atoms with E-state index < -0.39 is 0 Å². The molecule has 0 saturated carbocycles. The average molecular weight is 789 g/mol. The minimum atomic E-state index is 0.701. The Labute approximate surface area is 362 Å². The number of nitrogens with zero attached hydrogens (tertiary/aromatic N) is 2. The lowest BCUT2D eigenvalue weighted by atomic mass is 9.95. The van der Waals surface area contributed by atoms with Gasteiger partial charge in [0.25, 0.3) is 0 Å². The fourth-order valence-electron chi connectivity index (χ4n) is 8.65. The van der Waals surface area contributed by atoms with Crippen molar-refractivity contribution in [3.05, 3.63) is 243 Å². The van der Waals surface area contributed by atoms with Gasteiger partial charge < -0.3 is 0 Å². The summed E-state index contributed by atoms with van der Waals surface area (Å²) in [6.45, 7) is 0. The van der Waals surface area contributed by atoms with E-state index in [-0.39, 0.29) is 0 Å². The molecule has 0 radical (unpaired) electrons. The van der Waals surface area contributed by atoms with Gasteiger partial charge in [0.2, 0.25) is 0 Å². The van der Waals surface area contributed by atoms with Gasteiger partial charge in [-0.2, -0.15) is 0 Å². The Balaban J connectivity index is 0.952. The zero-order valence-corrected chi connectivity index (χ0v) is 34.0. The third-order valence-corrected chi connectivity index (χ3v) is 11.9. The van der Waals surface area contributed by atoms with Crippen molar-refractivity contribution < 1.29 is 0 Å². The molecule has 0 amide bonds. The van der Waals surface area contributed by atoms with Crippen molar-refractivity contribution in [3.8, 4) is 89.4 Å². The predicted molar refractivity (Wildman–Crippen MR) is 261 cm³/mol. The van der Waals surface area contributed by atoms with Crippen LogP contribution in [0.4, 0.5) is 0 Å². The molecule has 62 heavy (non-hydrogen) atoms. The molecule has 11 rings (SSSR count). The largest absolute Gasteiger partial charge is 0.227 e. The van der Waals surface area contributed by atoms with Crippen molar-refractivity contribution in [2.45, 2.75) is 0 Å². The second kappa shape index (κ2) is 16.1. The number of hydrogen-bond donors (Lipinski definition) is 0. The smallest absolute Gasteiger partial charge is 0.160 e. The lowest BCUT2D eigenvalue weighted by Crippen LogP contribution is -1.96. The topological polar surface area (TPSA) is 25.8 Å².